The summed E-state index contributed by atoms with van der Waals surface area (Å²) in [7, 11) is -3.23. The molecule has 1 unspecified atom stereocenters. The van der Waals surface area contributed by atoms with Crippen molar-refractivity contribution in [2.24, 2.45) is 5.73 Å². The molecule has 16 heavy (non-hydrogen) atoms. The first-order valence-corrected chi connectivity index (χ1v) is 6.90. The Bertz CT molecular complexity index is 329. The van der Waals surface area contributed by atoms with E-state index in [-0.39, 0.29) is 0 Å². The van der Waals surface area contributed by atoms with Gasteiger partial charge in [0, 0.05) is 6.42 Å². The Morgan fingerprint density at radius 2 is 2.06 bits per heavy atom. The molecule has 0 amide bonds. The molecule has 0 spiro atoms. The van der Waals surface area contributed by atoms with Gasteiger partial charge in [0.25, 0.3) is 0 Å². The van der Waals surface area contributed by atoms with Gasteiger partial charge in [-0.3, -0.25) is 4.57 Å². The van der Waals surface area contributed by atoms with Crippen molar-refractivity contribution >= 4 is 7.60 Å². The normalized spacial score (nSPS) is 13.9. The molecule has 1 heterocycles. The highest BCUT2D eigenvalue weighted by molar-refractivity contribution is 7.54. The zero-order valence-electron chi connectivity index (χ0n) is 9.59. The van der Waals surface area contributed by atoms with Gasteiger partial charge in [-0.2, -0.15) is 0 Å². The molecule has 0 fully saturated rings. The third-order valence-electron chi connectivity index (χ3n) is 2.01. The Morgan fingerprint density at radius 3 is 2.50 bits per heavy atom. The van der Waals surface area contributed by atoms with Crippen molar-refractivity contribution in [3.8, 4) is 0 Å². The fraction of sp³-hybridized carbons (Fsp3) is 0.600. The minimum absolute atomic E-state index is 0.309. The zero-order chi connectivity index (χ0) is 12.0. The van der Waals surface area contributed by atoms with Crippen LogP contribution in [0.25, 0.3) is 0 Å². The molecule has 0 bridgehead atoms. The van der Waals surface area contributed by atoms with E-state index >= 15 is 0 Å². The molecule has 2 N–H and O–H groups in total. The van der Waals surface area contributed by atoms with E-state index in [0.717, 1.165) is 0 Å². The maximum absolute atomic E-state index is 12.2. The lowest BCUT2D eigenvalue weighted by atomic mass is 10.3. The van der Waals surface area contributed by atoms with E-state index in [2.05, 4.69) is 0 Å². The van der Waals surface area contributed by atoms with Crippen LogP contribution in [-0.2, 0) is 20.0 Å². The monoisotopic (exact) mass is 247 g/mol. The summed E-state index contributed by atoms with van der Waals surface area (Å²) in [6.45, 7) is 4.13. The Kier molecular flexibility index (Phi) is 5.22. The van der Waals surface area contributed by atoms with Crippen molar-refractivity contribution in [3.05, 3.63) is 24.2 Å². The van der Waals surface area contributed by atoms with Crippen LogP contribution < -0.4 is 5.73 Å². The highest BCUT2D eigenvalue weighted by atomic mass is 31.2. The number of hydrogen-bond acceptors (Lipinski definition) is 5. The first-order chi connectivity index (χ1) is 7.62. The highest BCUT2D eigenvalue weighted by Crippen LogP contribution is 2.51. The summed E-state index contributed by atoms with van der Waals surface area (Å²) in [4.78, 5) is 0. The third-order valence-corrected chi connectivity index (χ3v) is 4.25. The van der Waals surface area contributed by atoms with Gasteiger partial charge in [0.1, 0.15) is 11.5 Å². The van der Waals surface area contributed by atoms with Crippen molar-refractivity contribution in [1.29, 1.82) is 0 Å². The van der Waals surface area contributed by atoms with E-state index in [1.165, 1.54) is 0 Å². The largest absolute Gasteiger partial charge is 0.469 e. The van der Waals surface area contributed by atoms with Crippen LogP contribution in [0.2, 0.25) is 0 Å². The second kappa shape index (κ2) is 6.21. The predicted octanol–water partition coefficient (Wildman–Crippen LogP) is 2.37. The molecule has 0 radical (unpaired) electrons. The number of nitrogens with two attached hydrogens (primary N) is 1. The summed E-state index contributed by atoms with van der Waals surface area (Å²) >= 11 is 0. The molecule has 0 aliphatic rings. The molecular weight excluding hydrogens is 229 g/mol. The number of rotatable bonds is 7. The lowest BCUT2D eigenvalue weighted by Gasteiger charge is -2.22. The second-order valence-corrected chi connectivity index (χ2v) is 5.49. The molecule has 1 atom stereocenters. The first kappa shape index (κ1) is 13.5. The Balaban J connectivity index is 2.67. The van der Waals surface area contributed by atoms with Gasteiger partial charge >= 0.3 is 7.60 Å². The standard InChI is InChI=1S/C10H18NO4P/c1-3-14-16(12,15-4-2)10(11)8-9-6-5-7-13-9/h5-7,10H,3-4,8,11H2,1-2H3. The second-order valence-electron chi connectivity index (χ2n) is 3.23. The maximum Gasteiger partial charge on any atom is 0.347 e. The fourth-order valence-corrected chi connectivity index (χ4v) is 2.92. The smallest absolute Gasteiger partial charge is 0.347 e. The Labute approximate surface area is 95.4 Å². The summed E-state index contributed by atoms with van der Waals surface area (Å²) in [5.41, 5.74) is 5.84. The van der Waals surface area contributed by atoms with Crippen LogP contribution >= 0.6 is 7.60 Å². The van der Waals surface area contributed by atoms with E-state index in [1.807, 2.05) is 0 Å². The van der Waals surface area contributed by atoms with Gasteiger partial charge in [0.15, 0.2) is 0 Å². The lowest BCUT2D eigenvalue weighted by Crippen LogP contribution is -2.25. The topological polar surface area (TPSA) is 74.7 Å². The van der Waals surface area contributed by atoms with Crippen molar-refractivity contribution in [2.75, 3.05) is 13.2 Å². The van der Waals surface area contributed by atoms with E-state index in [1.54, 1.807) is 32.2 Å². The Morgan fingerprint density at radius 1 is 1.44 bits per heavy atom. The molecule has 0 aromatic carbocycles. The summed E-state index contributed by atoms with van der Waals surface area (Å²) < 4.78 is 27.7. The van der Waals surface area contributed by atoms with Crippen molar-refractivity contribution in [2.45, 2.75) is 26.1 Å². The van der Waals surface area contributed by atoms with Crippen LogP contribution in [0.5, 0.6) is 0 Å². The van der Waals surface area contributed by atoms with Gasteiger partial charge in [-0.15, -0.1) is 0 Å². The molecule has 92 valence electrons. The summed E-state index contributed by atoms with van der Waals surface area (Å²) in [5.74, 6) is -0.0225. The van der Waals surface area contributed by atoms with Crippen molar-refractivity contribution in [3.63, 3.8) is 0 Å². The zero-order valence-corrected chi connectivity index (χ0v) is 10.5. The van der Waals surface area contributed by atoms with Crippen LogP contribution in [0.3, 0.4) is 0 Å². The van der Waals surface area contributed by atoms with Crippen LogP contribution in [0.4, 0.5) is 0 Å². The van der Waals surface area contributed by atoms with Crippen LogP contribution in [0.1, 0.15) is 19.6 Å². The number of furan rings is 1. The summed E-state index contributed by atoms with van der Waals surface area (Å²) in [5, 5.41) is 0. The molecular formula is C10H18NO4P. The van der Waals surface area contributed by atoms with E-state index in [0.29, 0.717) is 25.4 Å². The number of hydrogen-bond donors (Lipinski definition) is 1. The minimum atomic E-state index is -3.23. The minimum Gasteiger partial charge on any atom is -0.469 e. The van der Waals surface area contributed by atoms with Crippen molar-refractivity contribution in [1.82, 2.24) is 0 Å². The van der Waals surface area contributed by atoms with E-state index in [9.17, 15) is 4.57 Å². The average molecular weight is 247 g/mol. The van der Waals surface area contributed by atoms with Gasteiger partial charge in [-0.05, 0) is 26.0 Å². The summed E-state index contributed by atoms with van der Waals surface area (Å²) in [6.07, 6.45) is 1.89. The van der Waals surface area contributed by atoms with Crippen molar-refractivity contribution < 1.29 is 18.0 Å². The molecule has 1 aromatic rings. The van der Waals surface area contributed by atoms with Crippen LogP contribution in [0.15, 0.2) is 22.8 Å². The Hall–Kier alpha value is -0.610. The molecule has 1 aromatic heterocycles. The molecule has 0 saturated carbocycles. The van der Waals surface area contributed by atoms with Gasteiger partial charge in [0.2, 0.25) is 0 Å². The molecule has 5 nitrogen and oxygen atoms in total. The average Bonchev–Trinajstić information content (AvgIpc) is 2.71. The van der Waals surface area contributed by atoms with Gasteiger partial charge in [-0.1, -0.05) is 0 Å². The predicted molar refractivity (Wildman–Crippen MR) is 61.2 cm³/mol. The molecule has 1 rings (SSSR count). The third kappa shape index (κ3) is 3.46. The van der Waals surface area contributed by atoms with Crippen LogP contribution in [-0.4, -0.2) is 19.0 Å². The molecule has 0 aliphatic heterocycles. The summed E-state index contributed by atoms with van der Waals surface area (Å²) in [6, 6.07) is 3.54. The SMILES string of the molecule is CCOP(=O)(OCC)C(N)Cc1ccco1. The molecule has 0 saturated heterocycles. The maximum atomic E-state index is 12.2. The van der Waals surface area contributed by atoms with Crippen LogP contribution in [0, 0.1) is 0 Å². The van der Waals surface area contributed by atoms with E-state index in [4.69, 9.17) is 19.2 Å². The molecule has 6 heteroatoms. The van der Waals surface area contributed by atoms with Gasteiger partial charge < -0.3 is 19.2 Å². The highest BCUT2D eigenvalue weighted by Gasteiger charge is 2.33. The van der Waals surface area contributed by atoms with E-state index < -0.39 is 13.4 Å². The van der Waals surface area contributed by atoms with Gasteiger partial charge in [-0.25, -0.2) is 0 Å². The molecule has 0 aliphatic carbocycles. The first-order valence-electron chi connectivity index (χ1n) is 5.29. The van der Waals surface area contributed by atoms with Gasteiger partial charge in [0.05, 0.1) is 19.5 Å². The fourth-order valence-electron chi connectivity index (χ4n) is 1.34. The quantitative estimate of drug-likeness (QED) is 0.748. The lowest BCUT2D eigenvalue weighted by molar-refractivity contribution is 0.211.